The molecule has 0 saturated heterocycles. The number of carbonyl (C=O) groups excluding carboxylic acids is 2. The van der Waals surface area contributed by atoms with Gasteiger partial charge in [-0.25, -0.2) is 9.59 Å². The molecular weight excluding hydrogens is 375 g/mol. The van der Waals surface area contributed by atoms with E-state index in [2.05, 4.69) is 37.9 Å². The van der Waals surface area contributed by atoms with Crippen LogP contribution in [0.2, 0.25) is 0 Å². The molecule has 0 unspecified atom stereocenters. The van der Waals surface area contributed by atoms with E-state index in [0.717, 1.165) is 12.8 Å². The minimum absolute atomic E-state index is 0.172. The molecule has 9 heteroatoms. The molecule has 0 bridgehead atoms. The maximum absolute atomic E-state index is 10.9. The van der Waals surface area contributed by atoms with Crippen LogP contribution in [0.3, 0.4) is 0 Å². The van der Waals surface area contributed by atoms with Crippen molar-refractivity contribution in [2.75, 3.05) is 38.2 Å². The van der Waals surface area contributed by atoms with Gasteiger partial charge < -0.3 is 24.4 Å². The van der Waals surface area contributed by atoms with Gasteiger partial charge in [0.2, 0.25) is 0 Å². The van der Waals surface area contributed by atoms with Gasteiger partial charge >= 0.3 is 12.3 Å². The Hall–Kier alpha value is -1.64. The molecular formula is C16H22Cl2O7. The zero-order valence-electron chi connectivity index (χ0n) is 13.8. The van der Waals surface area contributed by atoms with Crippen LogP contribution >= 0.6 is 23.2 Å². The molecule has 25 heavy (non-hydrogen) atoms. The largest absolute Gasteiger partial charge is 0.518 e. The summed E-state index contributed by atoms with van der Waals surface area (Å²) in [5.74, 6) is 10.2. The summed E-state index contributed by atoms with van der Waals surface area (Å²) >= 11 is 10.9. The molecule has 0 aromatic heterocycles. The van der Waals surface area contributed by atoms with Crippen molar-refractivity contribution in [2.45, 2.75) is 25.7 Å². The van der Waals surface area contributed by atoms with Crippen molar-refractivity contribution in [3.63, 3.8) is 0 Å². The van der Waals surface area contributed by atoms with Gasteiger partial charge in [0.25, 0.3) is 0 Å². The molecule has 0 fully saturated rings. The zero-order chi connectivity index (χ0) is 19.2. The average Bonchev–Trinajstić information content (AvgIpc) is 2.60. The molecule has 0 heterocycles. The molecule has 2 N–H and O–H groups in total. The van der Waals surface area contributed by atoms with Crippen molar-refractivity contribution < 1.29 is 34.0 Å². The SMILES string of the molecule is O=C(OCCCCCl)OC(=O)OCCCCCl.OCC#CC#CCO. The molecule has 0 aliphatic carbocycles. The second kappa shape index (κ2) is 22.4. The number of hydrogen-bond acceptors (Lipinski definition) is 7. The first-order chi connectivity index (χ1) is 12.1. The van der Waals surface area contributed by atoms with E-state index in [4.69, 9.17) is 33.4 Å². The Morgan fingerprint density at radius 1 is 0.760 bits per heavy atom. The van der Waals surface area contributed by atoms with Crippen molar-refractivity contribution in [2.24, 2.45) is 0 Å². The molecule has 142 valence electrons. The second-order valence-electron chi connectivity index (χ2n) is 4.01. The van der Waals surface area contributed by atoms with Crippen LogP contribution in [0.1, 0.15) is 25.7 Å². The van der Waals surface area contributed by atoms with Crippen LogP contribution in [0.4, 0.5) is 9.59 Å². The number of aliphatic hydroxyl groups excluding tert-OH is 2. The van der Waals surface area contributed by atoms with E-state index in [9.17, 15) is 9.59 Å². The number of aliphatic hydroxyl groups is 2. The molecule has 7 nitrogen and oxygen atoms in total. The second-order valence-corrected chi connectivity index (χ2v) is 4.77. The van der Waals surface area contributed by atoms with Crippen molar-refractivity contribution in [3.05, 3.63) is 0 Å². The quantitative estimate of drug-likeness (QED) is 0.213. The normalized spacial score (nSPS) is 8.48. The van der Waals surface area contributed by atoms with Crippen LogP contribution in [0.15, 0.2) is 0 Å². The molecule has 0 saturated carbocycles. The van der Waals surface area contributed by atoms with Gasteiger partial charge in [0, 0.05) is 11.8 Å². The highest BCUT2D eigenvalue weighted by atomic mass is 35.5. The summed E-state index contributed by atoms with van der Waals surface area (Å²) in [5, 5.41) is 16.1. The van der Waals surface area contributed by atoms with Crippen LogP contribution in [-0.4, -0.2) is 60.7 Å². The third kappa shape index (κ3) is 24.7. The summed E-state index contributed by atoms with van der Waals surface area (Å²) in [6.07, 6.45) is 0.617. The van der Waals surface area contributed by atoms with E-state index in [-0.39, 0.29) is 26.4 Å². The van der Waals surface area contributed by atoms with E-state index in [1.165, 1.54) is 0 Å². The van der Waals surface area contributed by atoms with Crippen molar-refractivity contribution in [1.29, 1.82) is 0 Å². The van der Waals surface area contributed by atoms with Gasteiger partial charge in [-0.1, -0.05) is 11.8 Å². The van der Waals surface area contributed by atoms with E-state index in [1.54, 1.807) is 0 Å². The Morgan fingerprint density at radius 3 is 1.48 bits per heavy atom. The summed E-state index contributed by atoms with van der Waals surface area (Å²) in [6, 6.07) is 0. The molecule has 0 rings (SSSR count). The van der Waals surface area contributed by atoms with E-state index < -0.39 is 12.3 Å². The van der Waals surface area contributed by atoms with Gasteiger partial charge in [0.05, 0.1) is 13.2 Å². The number of hydrogen-bond donors (Lipinski definition) is 2. The Morgan fingerprint density at radius 2 is 1.16 bits per heavy atom. The van der Waals surface area contributed by atoms with E-state index in [0.29, 0.717) is 24.6 Å². The number of carbonyl (C=O) groups is 2. The maximum atomic E-state index is 10.9. The highest BCUT2D eigenvalue weighted by molar-refractivity contribution is 6.18. The summed E-state index contributed by atoms with van der Waals surface area (Å²) < 4.78 is 13.4. The lowest BCUT2D eigenvalue weighted by Gasteiger charge is -2.05. The summed E-state index contributed by atoms with van der Waals surface area (Å²) in [5.41, 5.74) is 0. The van der Waals surface area contributed by atoms with Crippen LogP contribution in [0, 0.1) is 23.7 Å². The summed E-state index contributed by atoms with van der Waals surface area (Å²) in [6.45, 7) is -0.0175. The number of alkyl halides is 2. The Labute approximate surface area is 157 Å². The third-order valence-corrected chi connectivity index (χ3v) is 2.59. The molecule has 0 aliphatic rings. The molecule has 0 aromatic carbocycles. The minimum Gasteiger partial charge on any atom is -0.434 e. The third-order valence-electron chi connectivity index (χ3n) is 2.06. The number of unbranched alkanes of at least 4 members (excludes halogenated alkanes) is 2. The molecule has 0 amide bonds. The highest BCUT2D eigenvalue weighted by Gasteiger charge is 2.12. The van der Waals surface area contributed by atoms with Crippen LogP contribution < -0.4 is 0 Å². The molecule has 0 atom stereocenters. The van der Waals surface area contributed by atoms with Gasteiger partial charge in [-0.3, -0.25) is 0 Å². The lowest BCUT2D eigenvalue weighted by Crippen LogP contribution is -2.16. The molecule has 0 spiro atoms. The lowest BCUT2D eigenvalue weighted by molar-refractivity contribution is 0.0357. The number of ether oxygens (including phenoxy) is 3. The Kier molecular flexibility index (Phi) is 22.9. The van der Waals surface area contributed by atoms with Gasteiger partial charge in [0.15, 0.2) is 0 Å². The van der Waals surface area contributed by atoms with Crippen LogP contribution in [0.5, 0.6) is 0 Å². The van der Waals surface area contributed by atoms with Gasteiger partial charge in [-0.15, -0.1) is 23.2 Å². The standard InChI is InChI=1S/C10H16Cl2O5.C6H6O2/c11-5-1-3-7-15-9(13)17-10(14)16-8-4-2-6-12;7-5-3-1-2-4-6-8/h1-8H2;7-8H,5-6H2. The first-order valence-corrected chi connectivity index (χ1v) is 8.50. The number of rotatable bonds is 8. The first kappa shape index (κ1) is 25.6. The highest BCUT2D eigenvalue weighted by Crippen LogP contribution is 1.98. The Balaban J connectivity index is 0. The van der Waals surface area contributed by atoms with Crippen molar-refractivity contribution in [1.82, 2.24) is 0 Å². The fourth-order valence-electron chi connectivity index (χ4n) is 0.999. The van der Waals surface area contributed by atoms with Crippen molar-refractivity contribution >= 4 is 35.5 Å². The average molecular weight is 397 g/mol. The van der Waals surface area contributed by atoms with E-state index in [1.807, 2.05) is 0 Å². The Bertz CT molecular complexity index is 419. The van der Waals surface area contributed by atoms with Gasteiger partial charge in [0.1, 0.15) is 13.2 Å². The number of halogens is 2. The molecule has 0 aliphatic heterocycles. The van der Waals surface area contributed by atoms with Crippen LogP contribution in [-0.2, 0) is 14.2 Å². The molecule has 0 aromatic rings. The van der Waals surface area contributed by atoms with E-state index >= 15 is 0 Å². The smallest absolute Gasteiger partial charge is 0.434 e. The monoisotopic (exact) mass is 396 g/mol. The first-order valence-electron chi connectivity index (χ1n) is 7.43. The van der Waals surface area contributed by atoms with Gasteiger partial charge in [-0.05, 0) is 37.5 Å². The predicted molar refractivity (Wildman–Crippen MR) is 93.4 cm³/mol. The predicted octanol–water partition coefficient (Wildman–Crippen LogP) is 2.29. The summed E-state index contributed by atoms with van der Waals surface area (Å²) in [4.78, 5) is 21.8. The summed E-state index contributed by atoms with van der Waals surface area (Å²) in [7, 11) is 0. The maximum Gasteiger partial charge on any atom is 0.518 e. The molecule has 0 radical (unpaired) electrons. The minimum atomic E-state index is -1.05. The van der Waals surface area contributed by atoms with Gasteiger partial charge in [-0.2, -0.15) is 0 Å². The van der Waals surface area contributed by atoms with Crippen molar-refractivity contribution in [3.8, 4) is 23.7 Å². The lowest BCUT2D eigenvalue weighted by atomic mass is 10.4. The fourth-order valence-corrected chi connectivity index (χ4v) is 1.38. The fraction of sp³-hybridized carbons (Fsp3) is 0.625. The zero-order valence-corrected chi connectivity index (χ0v) is 15.3. The van der Waals surface area contributed by atoms with Crippen LogP contribution in [0.25, 0.3) is 0 Å². The topological polar surface area (TPSA) is 102 Å².